The molecule has 0 saturated carbocycles. The van der Waals surface area contributed by atoms with Gasteiger partial charge in [0.05, 0.1) is 0 Å². The van der Waals surface area contributed by atoms with E-state index in [1.54, 1.807) is 4.90 Å². The Labute approximate surface area is 195 Å². The van der Waals surface area contributed by atoms with Crippen LogP contribution in [0.1, 0.15) is 46.8 Å². The van der Waals surface area contributed by atoms with E-state index in [9.17, 15) is 14.4 Å². The maximum Gasteiger partial charge on any atom is 0.317 e. The Hall–Kier alpha value is -3.35. The second-order valence-electron chi connectivity index (χ2n) is 8.73. The molecule has 2 aromatic carbocycles. The molecule has 2 aliphatic heterocycles. The highest BCUT2D eigenvalue weighted by atomic mass is 16.2. The lowest BCUT2D eigenvalue weighted by atomic mass is 10.1. The lowest BCUT2D eigenvalue weighted by molar-refractivity contribution is -0.128. The molecule has 1 N–H and O–H groups in total. The minimum absolute atomic E-state index is 0.0195. The van der Waals surface area contributed by atoms with E-state index in [0.717, 1.165) is 30.5 Å². The molecule has 4 amide bonds. The van der Waals surface area contributed by atoms with Crippen LogP contribution in [0.15, 0.2) is 48.5 Å². The fourth-order valence-electron chi connectivity index (χ4n) is 4.40. The lowest BCUT2D eigenvalue weighted by Crippen LogP contribution is -2.53. The van der Waals surface area contributed by atoms with Crippen molar-refractivity contribution in [2.45, 2.75) is 39.3 Å². The quantitative estimate of drug-likeness (QED) is 0.738. The fourth-order valence-corrected chi connectivity index (χ4v) is 4.40. The van der Waals surface area contributed by atoms with Crippen LogP contribution in [0.5, 0.6) is 0 Å². The summed E-state index contributed by atoms with van der Waals surface area (Å²) in [5.74, 6) is 0.232. The maximum atomic E-state index is 12.7. The average Bonchev–Trinajstić information content (AvgIpc) is 3.26. The molecule has 2 heterocycles. The molecule has 2 saturated heterocycles. The largest absolute Gasteiger partial charge is 0.338 e. The third kappa shape index (κ3) is 5.72. The number of aryl methyl sites for hydroxylation is 1. The maximum absolute atomic E-state index is 12.7. The third-order valence-corrected chi connectivity index (χ3v) is 6.44. The normalized spacial score (nSPS) is 16.3. The van der Waals surface area contributed by atoms with E-state index < -0.39 is 0 Å². The third-order valence-electron chi connectivity index (χ3n) is 6.44. The highest BCUT2D eigenvalue weighted by Gasteiger charge is 2.25. The number of nitrogens with one attached hydrogen (secondary N) is 1. The molecule has 0 bridgehead atoms. The highest BCUT2D eigenvalue weighted by molar-refractivity contribution is 5.94. The van der Waals surface area contributed by atoms with Gasteiger partial charge in [-0.15, -0.1) is 0 Å². The molecule has 2 aliphatic rings. The standard InChI is InChI=1S/C26H32N4O3/c1-2-20-8-10-23(11-9-20)25(32)28-13-15-29(16-14-28)26(33)27-18-21-5-3-6-22(17-21)19-30-12-4-7-24(30)31/h3,5-6,8-11,17H,2,4,7,12-16,18-19H2,1H3,(H,27,33). The van der Waals surface area contributed by atoms with E-state index >= 15 is 0 Å². The van der Waals surface area contributed by atoms with Crippen LogP contribution in [0.4, 0.5) is 4.79 Å². The van der Waals surface area contributed by atoms with Crippen molar-refractivity contribution in [3.8, 4) is 0 Å². The van der Waals surface area contributed by atoms with Gasteiger partial charge in [-0.25, -0.2) is 4.79 Å². The summed E-state index contributed by atoms with van der Waals surface area (Å²) < 4.78 is 0. The first-order chi connectivity index (χ1) is 16.0. The first-order valence-electron chi connectivity index (χ1n) is 11.8. The Morgan fingerprint density at radius 3 is 2.24 bits per heavy atom. The Bertz CT molecular complexity index is 997. The smallest absolute Gasteiger partial charge is 0.317 e. The zero-order valence-corrected chi connectivity index (χ0v) is 19.3. The SMILES string of the molecule is CCc1ccc(C(=O)N2CCN(C(=O)NCc3cccc(CN4CCCC4=O)c3)CC2)cc1. The van der Waals surface area contributed by atoms with Crippen LogP contribution in [0, 0.1) is 0 Å². The Kier molecular flexibility index (Phi) is 7.27. The minimum atomic E-state index is -0.116. The zero-order chi connectivity index (χ0) is 23.2. The van der Waals surface area contributed by atoms with Crippen molar-refractivity contribution in [1.29, 1.82) is 0 Å². The summed E-state index contributed by atoms with van der Waals surface area (Å²) >= 11 is 0. The molecule has 0 aliphatic carbocycles. The molecule has 0 unspecified atom stereocenters. The Balaban J connectivity index is 1.24. The summed E-state index contributed by atoms with van der Waals surface area (Å²) in [5, 5.41) is 2.99. The molecule has 4 rings (SSSR count). The van der Waals surface area contributed by atoms with Crippen LogP contribution in [-0.2, 0) is 24.3 Å². The first-order valence-corrected chi connectivity index (χ1v) is 11.8. The Morgan fingerprint density at radius 2 is 1.58 bits per heavy atom. The van der Waals surface area contributed by atoms with Crippen molar-refractivity contribution in [2.75, 3.05) is 32.7 Å². The zero-order valence-electron chi connectivity index (χ0n) is 19.3. The predicted molar refractivity (Wildman–Crippen MR) is 127 cm³/mol. The van der Waals surface area contributed by atoms with Crippen molar-refractivity contribution in [1.82, 2.24) is 20.0 Å². The van der Waals surface area contributed by atoms with Crippen LogP contribution in [-0.4, -0.2) is 65.3 Å². The van der Waals surface area contributed by atoms with Crippen molar-refractivity contribution in [2.24, 2.45) is 0 Å². The van der Waals surface area contributed by atoms with Crippen molar-refractivity contribution in [3.05, 3.63) is 70.8 Å². The average molecular weight is 449 g/mol. The summed E-state index contributed by atoms with van der Waals surface area (Å²) in [4.78, 5) is 42.7. The van der Waals surface area contributed by atoms with Crippen molar-refractivity contribution in [3.63, 3.8) is 0 Å². The topological polar surface area (TPSA) is 73.0 Å². The van der Waals surface area contributed by atoms with Gasteiger partial charge in [0.15, 0.2) is 0 Å². The van der Waals surface area contributed by atoms with Crippen molar-refractivity contribution >= 4 is 17.8 Å². The van der Waals surface area contributed by atoms with Crippen LogP contribution >= 0.6 is 0 Å². The van der Waals surface area contributed by atoms with Gasteiger partial charge in [-0.3, -0.25) is 9.59 Å². The fraction of sp³-hybridized carbons (Fsp3) is 0.423. The molecule has 174 valence electrons. The predicted octanol–water partition coefficient (Wildman–Crippen LogP) is 3.04. The van der Waals surface area contributed by atoms with Gasteiger partial charge >= 0.3 is 6.03 Å². The van der Waals surface area contributed by atoms with E-state index in [2.05, 4.69) is 12.2 Å². The number of carbonyl (C=O) groups excluding carboxylic acids is 3. The lowest BCUT2D eigenvalue weighted by Gasteiger charge is -2.34. The van der Waals surface area contributed by atoms with Gasteiger partial charge < -0.3 is 20.0 Å². The number of rotatable bonds is 6. The molecule has 2 fully saturated rings. The van der Waals surface area contributed by atoms with Gasteiger partial charge in [0, 0.05) is 57.8 Å². The second-order valence-corrected chi connectivity index (χ2v) is 8.73. The molecular weight excluding hydrogens is 416 g/mol. The minimum Gasteiger partial charge on any atom is -0.338 e. The number of carbonyl (C=O) groups is 3. The van der Waals surface area contributed by atoms with Gasteiger partial charge in [-0.2, -0.15) is 0 Å². The number of likely N-dealkylation sites (tertiary alicyclic amines) is 1. The molecule has 33 heavy (non-hydrogen) atoms. The second kappa shape index (κ2) is 10.5. The van der Waals surface area contributed by atoms with Crippen LogP contribution in [0.25, 0.3) is 0 Å². The van der Waals surface area contributed by atoms with E-state index in [1.807, 2.05) is 58.3 Å². The van der Waals surface area contributed by atoms with Gasteiger partial charge in [-0.05, 0) is 41.7 Å². The number of hydrogen-bond acceptors (Lipinski definition) is 3. The molecule has 0 radical (unpaired) electrons. The molecule has 0 spiro atoms. The summed E-state index contributed by atoms with van der Waals surface area (Å²) in [6.07, 6.45) is 2.52. The van der Waals surface area contributed by atoms with Gasteiger partial charge in [0.25, 0.3) is 5.91 Å². The summed E-state index contributed by atoms with van der Waals surface area (Å²) in [5.41, 5.74) is 4.00. The molecule has 2 aromatic rings. The molecule has 7 nitrogen and oxygen atoms in total. The number of hydrogen-bond donors (Lipinski definition) is 1. The summed E-state index contributed by atoms with van der Waals surface area (Å²) in [6, 6.07) is 15.7. The number of urea groups is 1. The molecular formula is C26H32N4O3. The molecule has 0 aromatic heterocycles. The van der Waals surface area contributed by atoms with Crippen LogP contribution < -0.4 is 5.32 Å². The van der Waals surface area contributed by atoms with E-state index in [0.29, 0.717) is 51.3 Å². The van der Waals surface area contributed by atoms with Crippen LogP contribution in [0.3, 0.4) is 0 Å². The highest BCUT2D eigenvalue weighted by Crippen LogP contribution is 2.16. The number of piperazine rings is 1. The summed E-state index contributed by atoms with van der Waals surface area (Å²) in [7, 11) is 0. The van der Waals surface area contributed by atoms with E-state index in [4.69, 9.17) is 0 Å². The number of benzene rings is 2. The molecule has 0 atom stereocenters. The van der Waals surface area contributed by atoms with E-state index in [-0.39, 0.29) is 17.8 Å². The Morgan fingerprint density at radius 1 is 0.879 bits per heavy atom. The number of nitrogens with zero attached hydrogens (tertiary/aromatic N) is 3. The van der Waals surface area contributed by atoms with E-state index in [1.165, 1.54) is 5.56 Å². The monoisotopic (exact) mass is 448 g/mol. The number of amides is 4. The summed E-state index contributed by atoms with van der Waals surface area (Å²) in [6.45, 7) is 6.06. The van der Waals surface area contributed by atoms with Gasteiger partial charge in [0.2, 0.25) is 5.91 Å². The van der Waals surface area contributed by atoms with Crippen LogP contribution in [0.2, 0.25) is 0 Å². The van der Waals surface area contributed by atoms with Gasteiger partial charge in [0.1, 0.15) is 0 Å². The van der Waals surface area contributed by atoms with Crippen molar-refractivity contribution < 1.29 is 14.4 Å². The molecule has 7 heteroatoms. The van der Waals surface area contributed by atoms with Gasteiger partial charge in [-0.1, -0.05) is 43.3 Å². The first kappa shape index (κ1) is 22.8.